The molecule has 1 atom stereocenters. The normalized spacial score (nSPS) is 15.2. The third-order valence-electron chi connectivity index (χ3n) is 5.79. The predicted molar refractivity (Wildman–Crippen MR) is 131 cm³/mol. The second-order valence-electron chi connectivity index (χ2n) is 8.08. The van der Waals surface area contributed by atoms with Crippen LogP contribution in [0.2, 0.25) is 5.02 Å². The van der Waals surface area contributed by atoms with Crippen LogP contribution >= 0.6 is 11.6 Å². The second kappa shape index (κ2) is 10.5. The molecule has 0 aliphatic carbocycles. The Morgan fingerprint density at radius 2 is 1.53 bits per heavy atom. The van der Waals surface area contributed by atoms with Gasteiger partial charge in [-0.1, -0.05) is 54.1 Å². The summed E-state index contributed by atoms with van der Waals surface area (Å²) in [4.78, 5) is 17.0. The van der Waals surface area contributed by atoms with E-state index in [0.29, 0.717) is 36.9 Å². The molecule has 0 bridgehead atoms. The number of benzene rings is 3. The van der Waals surface area contributed by atoms with Gasteiger partial charge in [0, 0.05) is 31.2 Å². The van der Waals surface area contributed by atoms with Crippen molar-refractivity contribution >= 4 is 33.2 Å². The fourth-order valence-electron chi connectivity index (χ4n) is 3.99. The Kier molecular flexibility index (Phi) is 7.50. The van der Waals surface area contributed by atoms with Crippen LogP contribution in [0.25, 0.3) is 0 Å². The SMILES string of the molecule is O=C([C@@H](Cc1ccccc1)NS(=O)(=O)c1ccc(Cl)cc1)N1CCN(c2ccccc2F)CC1. The van der Waals surface area contributed by atoms with Gasteiger partial charge in [-0.05, 0) is 48.4 Å². The van der Waals surface area contributed by atoms with E-state index in [2.05, 4.69) is 4.72 Å². The van der Waals surface area contributed by atoms with Crippen molar-refractivity contribution in [2.45, 2.75) is 17.4 Å². The van der Waals surface area contributed by atoms with Gasteiger partial charge in [-0.25, -0.2) is 12.8 Å². The molecule has 9 heteroatoms. The van der Waals surface area contributed by atoms with Gasteiger partial charge in [0.1, 0.15) is 11.9 Å². The van der Waals surface area contributed by atoms with Crippen molar-refractivity contribution in [1.82, 2.24) is 9.62 Å². The summed E-state index contributed by atoms with van der Waals surface area (Å²) < 4.78 is 42.8. The summed E-state index contributed by atoms with van der Waals surface area (Å²) >= 11 is 5.89. The first-order valence-electron chi connectivity index (χ1n) is 10.9. The van der Waals surface area contributed by atoms with Gasteiger partial charge in [0.15, 0.2) is 0 Å². The van der Waals surface area contributed by atoms with Crippen molar-refractivity contribution in [2.24, 2.45) is 0 Å². The summed E-state index contributed by atoms with van der Waals surface area (Å²) in [6.07, 6.45) is 0.208. The van der Waals surface area contributed by atoms with Crippen molar-refractivity contribution in [2.75, 3.05) is 31.1 Å². The van der Waals surface area contributed by atoms with Gasteiger partial charge in [-0.3, -0.25) is 4.79 Å². The lowest BCUT2D eigenvalue weighted by atomic mass is 10.1. The lowest BCUT2D eigenvalue weighted by molar-refractivity contribution is -0.133. The van der Waals surface area contributed by atoms with Gasteiger partial charge in [0.25, 0.3) is 0 Å². The number of amides is 1. The number of hydrogen-bond donors (Lipinski definition) is 1. The van der Waals surface area contributed by atoms with Gasteiger partial charge in [-0.2, -0.15) is 4.72 Å². The number of carbonyl (C=O) groups excluding carboxylic acids is 1. The molecule has 0 radical (unpaired) electrons. The molecule has 4 rings (SSSR count). The van der Waals surface area contributed by atoms with E-state index in [0.717, 1.165) is 5.56 Å². The molecule has 3 aromatic rings. The molecule has 1 heterocycles. The van der Waals surface area contributed by atoms with Crippen LogP contribution < -0.4 is 9.62 Å². The van der Waals surface area contributed by atoms with Gasteiger partial charge < -0.3 is 9.80 Å². The number of carbonyl (C=O) groups is 1. The molecular weight excluding hydrogens is 477 g/mol. The van der Waals surface area contributed by atoms with Crippen LogP contribution in [0.3, 0.4) is 0 Å². The Balaban J connectivity index is 1.51. The maximum atomic E-state index is 14.2. The van der Waals surface area contributed by atoms with Crippen LogP contribution in [0.15, 0.2) is 83.8 Å². The first-order valence-corrected chi connectivity index (χ1v) is 12.8. The number of hydrogen-bond acceptors (Lipinski definition) is 4. The third-order valence-corrected chi connectivity index (χ3v) is 7.53. The molecule has 0 aromatic heterocycles. The first-order chi connectivity index (χ1) is 16.3. The smallest absolute Gasteiger partial charge is 0.241 e. The van der Waals surface area contributed by atoms with E-state index < -0.39 is 16.1 Å². The molecule has 34 heavy (non-hydrogen) atoms. The minimum atomic E-state index is -3.96. The second-order valence-corrected chi connectivity index (χ2v) is 10.2. The van der Waals surface area contributed by atoms with E-state index in [9.17, 15) is 17.6 Å². The average Bonchev–Trinajstić information content (AvgIpc) is 2.84. The molecule has 1 aliphatic heterocycles. The maximum Gasteiger partial charge on any atom is 0.241 e. The van der Waals surface area contributed by atoms with Gasteiger partial charge in [0.2, 0.25) is 15.9 Å². The lowest BCUT2D eigenvalue weighted by Gasteiger charge is -2.37. The van der Waals surface area contributed by atoms with Crippen molar-refractivity contribution < 1.29 is 17.6 Å². The topological polar surface area (TPSA) is 69.7 Å². The van der Waals surface area contributed by atoms with Crippen LogP contribution in [-0.4, -0.2) is 51.4 Å². The largest absolute Gasteiger partial charge is 0.366 e. The van der Waals surface area contributed by atoms with Gasteiger partial charge in [-0.15, -0.1) is 0 Å². The highest BCUT2D eigenvalue weighted by Crippen LogP contribution is 2.21. The molecular formula is C25H25ClFN3O3S. The summed E-state index contributed by atoms with van der Waals surface area (Å²) in [6.45, 7) is 1.63. The molecule has 1 N–H and O–H groups in total. The van der Waals surface area contributed by atoms with E-state index >= 15 is 0 Å². The number of nitrogens with zero attached hydrogens (tertiary/aromatic N) is 2. The number of nitrogens with one attached hydrogen (secondary N) is 1. The molecule has 6 nitrogen and oxygen atoms in total. The van der Waals surface area contributed by atoms with E-state index in [1.165, 1.54) is 30.3 Å². The summed E-state index contributed by atoms with van der Waals surface area (Å²) in [7, 11) is -3.96. The number of halogens is 2. The molecule has 3 aromatic carbocycles. The van der Waals surface area contributed by atoms with Gasteiger partial charge in [0.05, 0.1) is 10.6 Å². The van der Waals surface area contributed by atoms with E-state index in [-0.39, 0.29) is 23.0 Å². The summed E-state index contributed by atoms with van der Waals surface area (Å²) in [5, 5.41) is 0.420. The molecule has 1 saturated heterocycles. The van der Waals surface area contributed by atoms with Crippen molar-refractivity contribution in [3.63, 3.8) is 0 Å². The van der Waals surface area contributed by atoms with Gasteiger partial charge >= 0.3 is 0 Å². The fourth-order valence-corrected chi connectivity index (χ4v) is 5.31. The third kappa shape index (κ3) is 5.75. The summed E-state index contributed by atoms with van der Waals surface area (Å²) in [5.41, 5.74) is 1.34. The number of rotatable bonds is 7. The van der Waals surface area contributed by atoms with Crippen LogP contribution in [0.4, 0.5) is 10.1 Å². The molecule has 1 aliphatic rings. The van der Waals surface area contributed by atoms with E-state index in [1.54, 1.807) is 23.1 Å². The monoisotopic (exact) mass is 501 g/mol. The molecule has 1 amide bonds. The molecule has 1 fully saturated rings. The Bertz CT molecular complexity index is 1230. The molecule has 0 spiro atoms. The summed E-state index contributed by atoms with van der Waals surface area (Å²) in [5.74, 6) is -0.616. The Labute approximate surface area is 204 Å². The van der Waals surface area contributed by atoms with E-state index in [1.807, 2.05) is 35.2 Å². The van der Waals surface area contributed by atoms with Crippen LogP contribution in [0.1, 0.15) is 5.56 Å². The van der Waals surface area contributed by atoms with Crippen LogP contribution in [-0.2, 0) is 21.2 Å². The standard InChI is InChI=1S/C25H25ClFN3O3S/c26-20-10-12-21(13-11-20)34(32,33)28-23(18-19-6-2-1-3-7-19)25(31)30-16-14-29(15-17-30)24-9-5-4-8-22(24)27/h1-13,23,28H,14-18H2/t23-/m1/s1. The zero-order chi connectivity index (χ0) is 24.1. The lowest BCUT2D eigenvalue weighted by Crippen LogP contribution is -2.55. The van der Waals surface area contributed by atoms with Crippen molar-refractivity contribution in [3.05, 3.63) is 95.3 Å². The zero-order valence-electron chi connectivity index (χ0n) is 18.4. The number of para-hydroxylation sites is 1. The minimum Gasteiger partial charge on any atom is -0.366 e. The fraction of sp³-hybridized carbons (Fsp3) is 0.240. The predicted octanol–water partition coefficient (Wildman–Crippen LogP) is 3.72. The number of sulfonamides is 1. The zero-order valence-corrected chi connectivity index (χ0v) is 20.0. The number of piperazine rings is 1. The Morgan fingerprint density at radius 3 is 2.18 bits per heavy atom. The summed E-state index contributed by atoms with van der Waals surface area (Å²) in [6, 6.07) is 20.6. The average molecular weight is 502 g/mol. The minimum absolute atomic E-state index is 0.0344. The number of anilines is 1. The van der Waals surface area contributed by atoms with Crippen LogP contribution in [0.5, 0.6) is 0 Å². The van der Waals surface area contributed by atoms with Crippen molar-refractivity contribution in [1.29, 1.82) is 0 Å². The van der Waals surface area contributed by atoms with Crippen LogP contribution in [0, 0.1) is 5.82 Å². The highest BCUT2D eigenvalue weighted by Gasteiger charge is 2.31. The molecule has 178 valence electrons. The van der Waals surface area contributed by atoms with Crippen molar-refractivity contribution in [3.8, 4) is 0 Å². The Morgan fingerprint density at radius 1 is 0.912 bits per heavy atom. The molecule has 0 saturated carbocycles. The maximum absolute atomic E-state index is 14.2. The quantitative estimate of drug-likeness (QED) is 0.536. The molecule has 0 unspecified atom stereocenters. The Hall–Kier alpha value is -2.94. The first kappa shape index (κ1) is 24.2. The van der Waals surface area contributed by atoms with E-state index in [4.69, 9.17) is 11.6 Å². The highest BCUT2D eigenvalue weighted by atomic mass is 35.5. The highest BCUT2D eigenvalue weighted by molar-refractivity contribution is 7.89.